The Kier molecular flexibility index (Phi) is 7.47. The zero-order chi connectivity index (χ0) is 25.0. The highest BCUT2D eigenvalue weighted by atomic mass is 32.1. The quantitative estimate of drug-likeness (QED) is 0.287. The van der Waals surface area contributed by atoms with Crippen LogP contribution in [0.25, 0.3) is 5.69 Å². The van der Waals surface area contributed by atoms with E-state index in [0.29, 0.717) is 22.7 Å². The fourth-order valence-corrected chi connectivity index (χ4v) is 4.03. The summed E-state index contributed by atoms with van der Waals surface area (Å²) in [6.45, 7) is 7.34. The largest absolute Gasteiger partial charge is 0.481 e. The highest BCUT2D eigenvalue weighted by molar-refractivity contribution is 7.15. The summed E-state index contributed by atoms with van der Waals surface area (Å²) >= 11 is 0.953. The minimum atomic E-state index is -1.02. The van der Waals surface area contributed by atoms with Crippen LogP contribution in [0.15, 0.2) is 40.2 Å². The Morgan fingerprint density at radius 3 is 2.38 bits per heavy atom. The molecular weight excluding hydrogens is 458 g/mol. The number of aromatic amines is 1. The van der Waals surface area contributed by atoms with E-state index in [0.717, 1.165) is 22.5 Å². The number of nitrogens with one attached hydrogen (secondary N) is 3. The molecule has 3 aromatic rings. The van der Waals surface area contributed by atoms with Gasteiger partial charge in [-0.3, -0.25) is 24.3 Å². The van der Waals surface area contributed by atoms with Crippen LogP contribution in [0.4, 0.5) is 0 Å². The molecule has 0 radical (unpaired) electrons. The van der Waals surface area contributed by atoms with Gasteiger partial charge in [0.2, 0.25) is 0 Å². The summed E-state index contributed by atoms with van der Waals surface area (Å²) in [6.07, 6.45) is -0.192. The molecule has 0 bridgehead atoms. The third-order valence-corrected chi connectivity index (χ3v) is 6.27. The lowest BCUT2D eigenvalue weighted by Crippen LogP contribution is -2.25. The van der Waals surface area contributed by atoms with Crippen LogP contribution < -0.4 is 16.3 Å². The number of carbonyl (C=O) groups is 3. The molecule has 2 aromatic heterocycles. The average Bonchev–Trinajstić information content (AvgIpc) is 3.38. The molecule has 0 unspecified atom stereocenters. The number of hydrazone groups is 1. The summed E-state index contributed by atoms with van der Waals surface area (Å²) in [4.78, 5) is 48.6. The molecule has 0 saturated heterocycles. The second-order valence-electron chi connectivity index (χ2n) is 7.72. The zero-order valence-corrected chi connectivity index (χ0v) is 20.0. The van der Waals surface area contributed by atoms with Crippen molar-refractivity contribution >= 4 is 34.8 Å². The monoisotopic (exact) mass is 483 g/mol. The summed E-state index contributed by atoms with van der Waals surface area (Å²) in [5, 5.41) is 18.2. The maximum atomic E-state index is 13.0. The van der Waals surface area contributed by atoms with Gasteiger partial charge in [-0.15, -0.1) is 11.3 Å². The van der Waals surface area contributed by atoms with Crippen molar-refractivity contribution in [2.75, 3.05) is 6.54 Å². The minimum Gasteiger partial charge on any atom is -0.481 e. The lowest BCUT2D eigenvalue weighted by molar-refractivity contribution is -0.136. The predicted molar refractivity (Wildman–Crippen MR) is 129 cm³/mol. The molecule has 34 heavy (non-hydrogen) atoms. The van der Waals surface area contributed by atoms with Gasteiger partial charge in [0.1, 0.15) is 0 Å². The van der Waals surface area contributed by atoms with Gasteiger partial charge in [-0.25, -0.2) is 10.1 Å². The SMILES string of the molecule is C/C(=N/NC(=O)c1ccc(C(=O)NCCC(=O)O)s1)c1c(C)[nH]n(-c2ccc(C)c(C)c2)c1=O. The third kappa shape index (κ3) is 5.49. The Morgan fingerprint density at radius 1 is 1.06 bits per heavy atom. The van der Waals surface area contributed by atoms with Crippen LogP contribution in [-0.2, 0) is 4.79 Å². The number of nitrogens with zero attached hydrogens (tertiary/aromatic N) is 2. The Morgan fingerprint density at radius 2 is 1.74 bits per heavy atom. The first-order valence-corrected chi connectivity index (χ1v) is 11.2. The van der Waals surface area contributed by atoms with Crippen molar-refractivity contribution in [3.05, 3.63) is 72.8 Å². The van der Waals surface area contributed by atoms with Crippen LogP contribution in [0.3, 0.4) is 0 Å². The highest BCUT2D eigenvalue weighted by Crippen LogP contribution is 2.17. The first-order chi connectivity index (χ1) is 16.1. The normalized spacial score (nSPS) is 11.4. The Balaban J connectivity index is 1.72. The van der Waals surface area contributed by atoms with E-state index in [4.69, 9.17) is 5.11 Å². The Labute approximate surface area is 199 Å². The van der Waals surface area contributed by atoms with Crippen LogP contribution in [-0.4, -0.2) is 44.9 Å². The summed E-state index contributed by atoms with van der Waals surface area (Å²) in [5.41, 5.74) is 6.30. The number of amides is 2. The van der Waals surface area contributed by atoms with Gasteiger partial charge in [0.05, 0.1) is 33.1 Å². The van der Waals surface area contributed by atoms with Crippen molar-refractivity contribution in [3.8, 4) is 5.69 Å². The lowest BCUT2D eigenvalue weighted by atomic mass is 10.1. The van der Waals surface area contributed by atoms with E-state index < -0.39 is 17.8 Å². The number of H-pyrrole nitrogens is 1. The number of carbonyl (C=O) groups excluding carboxylic acids is 2. The fourth-order valence-electron chi connectivity index (χ4n) is 3.22. The molecule has 0 spiro atoms. The number of carboxylic acid groups (broad SMARTS) is 1. The topological polar surface area (TPSA) is 146 Å². The lowest BCUT2D eigenvalue weighted by Gasteiger charge is -2.05. The molecule has 178 valence electrons. The molecule has 1 aromatic carbocycles. The van der Waals surface area contributed by atoms with Crippen LogP contribution in [0.2, 0.25) is 0 Å². The molecule has 4 N–H and O–H groups in total. The molecular formula is C23H25N5O5S. The number of hydrogen-bond donors (Lipinski definition) is 4. The summed E-state index contributed by atoms with van der Waals surface area (Å²) in [7, 11) is 0. The summed E-state index contributed by atoms with van der Waals surface area (Å²) in [6, 6.07) is 8.66. The number of aliphatic carboxylic acids is 1. The molecule has 11 heteroatoms. The van der Waals surface area contributed by atoms with E-state index in [1.54, 1.807) is 13.8 Å². The number of hydrogen-bond acceptors (Lipinski definition) is 6. The molecule has 0 aliphatic rings. The molecule has 2 heterocycles. The fraction of sp³-hybridized carbons (Fsp3) is 0.261. The van der Waals surface area contributed by atoms with Gasteiger partial charge in [-0.2, -0.15) is 5.10 Å². The number of benzene rings is 1. The highest BCUT2D eigenvalue weighted by Gasteiger charge is 2.17. The number of rotatable bonds is 8. The molecule has 0 aliphatic heterocycles. The van der Waals surface area contributed by atoms with Crippen LogP contribution in [0.1, 0.15) is 55.1 Å². The van der Waals surface area contributed by atoms with Crippen molar-refractivity contribution in [1.29, 1.82) is 0 Å². The van der Waals surface area contributed by atoms with Gasteiger partial charge in [-0.1, -0.05) is 6.07 Å². The maximum absolute atomic E-state index is 13.0. The summed E-state index contributed by atoms with van der Waals surface area (Å²) < 4.78 is 1.44. The number of carboxylic acids is 1. The van der Waals surface area contributed by atoms with Crippen LogP contribution in [0.5, 0.6) is 0 Å². The van der Waals surface area contributed by atoms with Crippen LogP contribution >= 0.6 is 11.3 Å². The average molecular weight is 484 g/mol. The summed E-state index contributed by atoms with van der Waals surface area (Å²) in [5.74, 6) is -2.00. The predicted octanol–water partition coefficient (Wildman–Crippen LogP) is 2.51. The third-order valence-electron chi connectivity index (χ3n) is 5.19. The molecule has 0 fully saturated rings. The van der Waals surface area contributed by atoms with Gasteiger partial charge in [0.25, 0.3) is 17.4 Å². The minimum absolute atomic E-state index is 0.00716. The van der Waals surface area contributed by atoms with Crippen molar-refractivity contribution in [1.82, 2.24) is 20.5 Å². The number of aryl methyl sites for hydroxylation is 3. The Bertz CT molecular complexity index is 1350. The Hall–Kier alpha value is -3.99. The van der Waals surface area contributed by atoms with Crippen molar-refractivity contribution < 1.29 is 19.5 Å². The van der Waals surface area contributed by atoms with Gasteiger partial charge in [-0.05, 0) is 63.1 Å². The van der Waals surface area contributed by atoms with Crippen molar-refractivity contribution in [3.63, 3.8) is 0 Å². The van der Waals surface area contributed by atoms with Crippen molar-refractivity contribution in [2.45, 2.75) is 34.1 Å². The molecule has 10 nitrogen and oxygen atoms in total. The van der Waals surface area contributed by atoms with Gasteiger partial charge in [0.15, 0.2) is 0 Å². The first-order valence-electron chi connectivity index (χ1n) is 10.4. The maximum Gasteiger partial charge on any atom is 0.305 e. The smallest absolute Gasteiger partial charge is 0.305 e. The second kappa shape index (κ2) is 10.3. The standard InChI is InChI=1S/C23H25N5O5S/c1-12-5-6-16(11-13(12)2)28-23(33)20(15(4)27-28)14(3)25-26-22(32)18-8-7-17(34-18)21(31)24-10-9-19(29)30/h5-8,11,27H,9-10H2,1-4H3,(H,24,31)(H,26,32)(H,29,30)/b25-14-. The van der Waals surface area contributed by atoms with E-state index in [9.17, 15) is 19.2 Å². The van der Waals surface area contributed by atoms with E-state index in [1.807, 2.05) is 32.0 Å². The molecule has 0 saturated carbocycles. The van der Waals surface area contributed by atoms with E-state index >= 15 is 0 Å². The van der Waals surface area contributed by atoms with Gasteiger partial charge < -0.3 is 10.4 Å². The van der Waals surface area contributed by atoms with Crippen LogP contribution in [0, 0.1) is 20.8 Å². The van der Waals surface area contributed by atoms with E-state index in [-0.39, 0.29) is 28.3 Å². The van der Waals surface area contributed by atoms with Gasteiger partial charge >= 0.3 is 5.97 Å². The number of aromatic nitrogens is 2. The first kappa shape index (κ1) is 24.6. The number of thiophene rings is 1. The molecule has 0 aliphatic carbocycles. The molecule has 0 atom stereocenters. The van der Waals surface area contributed by atoms with Gasteiger partial charge in [0, 0.05) is 12.2 Å². The zero-order valence-electron chi connectivity index (χ0n) is 19.2. The second-order valence-corrected chi connectivity index (χ2v) is 8.81. The molecule has 3 rings (SSSR count). The van der Waals surface area contributed by atoms with Crippen molar-refractivity contribution in [2.24, 2.45) is 5.10 Å². The van der Waals surface area contributed by atoms with E-state index in [2.05, 4.69) is 20.9 Å². The van der Waals surface area contributed by atoms with E-state index in [1.165, 1.54) is 16.8 Å². The molecule has 2 amide bonds.